The van der Waals surface area contributed by atoms with Crippen LogP contribution in [0.25, 0.3) is 0 Å². The van der Waals surface area contributed by atoms with Crippen LogP contribution in [-0.2, 0) is 16.8 Å². The predicted octanol–water partition coefficient (Wildman–Crippen LogP) is 2.37. The van der Waals surface area contributed by atoms with Crippen molar-refractivity contribution in [1.29, 1.82) is 0 Å². The third-order valence-corrected chi connectivity index (χ3v) is 4.19. The first-order chi connectivity index (χ1) is 8.23. The van der Waals surface area contributed by atoms with Gasteiger partial charge in [0.05, 0.1) is 5.60 Å². The number of benzene rings is 1. The number of ether oxygens (including phenoxy) is 1. The number of rotatable bonds is 1. The minimum absolute atomic E-state index is 0.137. The summed E-state index contributed by atoms with van der Waals surface area (Å²) in [5.74, 6) is -0.137. The van der Waals surface area contributed by atoms with E-state index in [1.807, 2.05) is 13.1 Å². The maximum Gasteiger partial charge on any atom is 0.123 e. The minimum Gasteiger partial charge on any atom is -0.370 e. The number of hydrogen-bond donors (Lipinski definition) is 1. The van der Waals surface area contributed by atoms with Crippen molar-refractivity contribution in [2.24, 2.45) is 0 Å². The molecule has 1 fully saturated rings. The second kappa shape index (κ2) is 4.07. The quantitative estimate of drug-likeness (QED) is 0.807. The molecule has 2 nitrogen and oxygen atoms in total. The fourth-order valence-corrected chi connectivity index (χ4v) is 3.25. The summed E-state index contributed by atoms with van der Waals surface area (Å²) in [6.07, 6.45) is 3.99. The van der Waals surface area contributed by atoms with Crippen molar-refractivity contribution < 1.29 is 9.13 Å². The smallest absolute Gasteiger partial charge is 0.123 e. The second-order valence-electron chi connectivity index (χ2n) is 5.12. The monoisotopic (exact) mass is 235 g/mol. The summed E-state index contributed by atoms with van der Waals surface area (Å²) in [5.41, 5.74) is 2.18. The molecule has 3 rings (SSSR count). The molecule has 0 radical (unpaired) electrons. The zero-order valence-electron chi connectivity index (χ0n) is 10.1. The zero-order valence-corrected chi connectivity index (χ0v) is 10.1. The Morgan fingerprint density at radius 3 is 3.18 bits per heavy atom. The van der Waals surface area contributed by atoms with Gasteiger partial charge in [0.2, 0.25) is 0 Å². The van der Waals surface area contributed by atoms with Crippen molar-refractivity contribution in [2.75, 3.05) is 13.7 Å². The predicted molar refractivity (Wildman–Crippen MR) is 64.4 cm³/mol. The van der Waals surface area contributed by atoms with Crippen molar-refractivity contribution in [3.63, 3.8) is 0 Å². The van der Waals surface area contributed by atoms with Gasteiger partial charge in [-0.1, -0.05) is 6.07 Å². The van der Waals surface area contributed by atoms with Gasteiger partial charge in [-0.05, 0) is 56.0 Å². The molecule has 3 heteroatoms. The molecule has 92 valence electrons. The molecule has 1 aromatic carbocycles. The van der Waals surface area contributed by atoms with Crippen LogP contribution in [0.15, 0.2) is 18.2 Å². The van der Waals surface area contributed by atoms with Crippen LogP contribution in [0.1, 0.15) is 30.4 Å². The SMILES string of the molecule is CNC1CCOC2(CCc3cc(F)ccc32)C1. The topological polar surface area (TPSA) is 21.3 Å². The van der Waals surface area contributed by atoms with Crippen LogP contribution in [0.2, 0.25) is 0 Å². The van der Waals surface area contributed by atoms with Crippen molar-refractivity contribution in [3.8, 4) is 0 Å². The third-order valence-electron chi connectivity index (χ3n) is 4.19. The van der Waals surface area contributed by atoms with Gasteiger partial charge in [-0.2, -0.15) is 0 Å². The summed E-state index contributed by atoms with van der Waals surface area (Å²) in [6, 6.07) is 5.64. The average Bonchev–Trinajstić information content (AvgIpc) is 2.68. The first-order valence-electron chi connectivity index (χ1n) is 6.34. The molecular formula is C14H18FNO. The van der Waals surface area contributed by atoms with Crippen molar-refractivity contribution in [3.05, 3.63) is 35.1 Å². The summed E-state index contributed by atoms with van der Waals surface area (Å²) >= 11 is 0. The van der Waals surface area contributed by atoms with Crippen LogP contribution in [0.4, 0.5) is 4.39 Å². The van der Waals surface area contributed by atoms with Gasteiger partial charge in [0.25, 0.3) is 0 Å². The van der Waals surface area contributed by atoms with Gasteiger partial charge in [-0.3, -0.25) is 0 Å². The largest absolute Gasteiger partial charge is 0.370 e. The molecule has 0 bridgehead atoms. The Kier molecular flexibility index (Phi) is 2.68. The highest BCUT2D eigenvalue weighted by atomic mass is 19.1. The Morgan fingerprint density at radius 2 is 2.35 bits per heavy atom. The van der Waals surface area contributed by atoms with E-state index in [0.29, 0.717) is 6.04 Å². The highest BCUT2D eigenvalue weighted by molar-refractivity contribution is 5.38. The van der Waals surface area contributed by atoms with Gasteiger partial charge >= 0.3 is 0 Å². The first kappa shape index (κ1) is 11.2. The molecule has 1 aliphatic carbocycles. The van der Waals surface area contributed by atoms with E-state index in [0.717, 1.165) is 37.9 Å². The molecule has 0 aromatic heterocycles. The molecule has 0 amide bonds. The molecule has 1 spiro atoms. The van der Waals surface area contributed by atoms with Crippen molar-refractivity contribution >= 4 is 0 Å². The summed E-state index contributed by atoms with van der Waals surface area (Å²) in [5, 5.41) is 3.34. The van der Waals surface area contributed by atoms with Crippen LogP contribution < -0.4 is 5.32 Å². The third kappa shape index (κ3) is 1.78. The number of aryl methyl sites for hydroxylation is 1. The van der Waals surface area contributed by atoms with Gasteiger partial charge in [-0.25, -0.2) is 4.39 Å². The highest BCUT2D eigenvalue weighted by Crippen LogP contribution is 2.45. The fourth-order valence-electron chi connectivity index (χ4n) is 3.25. The highest BCUT2D eigenvalue weighted by Gasteiger charge is 2.43. The Labute approximate surface area is 101 Å². The van der Waals surface area contributed by atoms with Crippen LogP contribution in [-0.4, -0.2) is 19.7 Å². The number of hydrogen-bond acceptors (Lipinski definition) is 2. The molecule has 2 atom stereocenters. The lowest BCUT2D eigenvalue weighted by molar-refractivity contribution is -0.0921. The van der Waals surface area contributed by atoms with E-state index in [1.54, 1.807) is 12.1 Å². The molecule has 2 unspecified atom stereocenters. The van der Waals surface area contributed by atoms with Crippen LogP contribution >= 0.6 is 0 Å². The van der Waals surface area contributed by atoms with E-state index in [1.165, 1.54) is 5.56 Å². The van der Waals surface area contributed by atoms with E-state index >= 15 is 0 Å². The number of halogens is 1. The lowest BCUT2D eigenvalue weighted by atomic mass is 9.85. The molecule has 1 saturated heterocycles. The molecule has 2 aliphatic rings. The lowest BCUT2D eigenvalue weighted by Gasteiger charge is -2.39. The molecule has 17 heavy (non-hydrogen) atoms. The fraction of sp³-hybridized carbons (Fsp3) is 0.571. The Morgan fingerprint density at radius 1 is 1.47 bits per heavy atom. The van der Waals surface area contributed by atoms with E-state index in [-0.39, 0.29) is 11.4 Å². The van der Waals surface area contributed by atoms with Gasteiger partial charge in [0, 0.05) is 12.6 Å². The molecular weight excluding hydrogens is 217 g/mol. The molecule has 1 aliphatic heterocycles. The summed E-state index contributed by atoms with van der Waals surface area (Å²) < 4.78 is 19.3. The molecule has 0 saturated carbocycles. The molecule has 1 aromatic rings. The van der Waals surface area contributed by atoms with Gasteiger partial charge in [0.15, 0.2) is 0 Å². The van der Waals surface area contributed by atoms with Crippen LogP contribution in [0.3, 0.4) is 0 Å². The minimum atomic E-state index is -0.158. The normalized spacial score (nSPS) is 31.8. The second-order valence-corrected chi connectivity index (χ2v) is 5.12. The van der Waals surface area contributed by atoms with Gasteiger partial charge in [-0.15, -0.1) is 0 Å². The van der Waals surface area contributed by atoms with Crippen molar-refractivity contribution in [2.45, 2.75) is 37.3 Å². The van der Waals surface area contributed by atoms with Crippen molar-refractivity contribution in [1.82, 2.24) is 5.32 Å². The number of fused-ring (bicyclic) bond motifs is 2. The summed E-state index contributed by atoms with van der Waals surface area (Å²) in [7, 11) is 2.00. The average molecular weight is 235 g/mol. The Hall–Kier alpha value is -0.930. The molecule has 1 N–H and O–H groups in total. The maximum absolute atomic E-state index is 13.2. The summed E-state index contributed by atoms with van der Waals surface area (Å²) in [4.78, 5) is 0. The zero-order chi connectivity index (χ0) is 11.9. The maximum atomic E-state index is 13.2. The first-order valence-corrected chi connectivity index (χ1v) is 6.34. The number of nitrogens with one attached hydrogen (secondary N) is 1. The standard InChI is InChI=1S/C14H18FNO/c1-16-12-5-7-17-14(9-12)6-4-10-8-11(15)2-3-13(10)14/h2-3,8,12,16H,4-7,9H2,1H3. The van der Waals surface area contributed by atoms with Gasteiger partial charge in [0.1, 0.15) is 5.82 Å². The van der Waals surface area contributed by atoms with E-state index in [2.05, 4.69) is 5.32 Å². The van der Waals surface area contributed by atoms with Gasteiger partial charge < -0.3 is 10.1 Å². The molecule has 1 heterocycles. The van der Waals surface area contributed by atoms with E-state index in [4.69, 9.17) is 4.74 Å². The van der Waals surface area contributed by atoms with E-state index < -0.39 is 0 Å². The van der Waals surface area contributed by atoms with E-state index in [9.17, 15) is 4.39 Å². The Bertz CT molecular complexity index is 434. The Balaban J connectivity index is 1.96. The summed E-state index contributed by atoms with van der Waals surface area (Å²) in [6.45, 7) is 0.794. The van der Waals surface area contributed by atoms with Crippen LogP contribution in [0.5, 0.6) is 0 Å². The lowest BCUT2D eigenvalue weighted by Crippen LogP contribution is -2.43. The van der Waals surface area contributed by atoms with Crippen LogP contribution in [0, 0.1) is 5.82 Å².